The number of nitrogens with zero attached hydrogens (tertiary/aromatic N) is 3. The van der Waals surface area contributed by atoms with Crippen molar-refractivity contribution in [2.24, 2.45) is 0 Å². The molecule has 3 unspecified atom stereocenters. The lowest BCUT2D eigenvalue weighted by Gasteiger charge is -2.33. The highest BCUT2D eigenvalue weighted by atomic mass is 35.5. The lowest BCUT2D eigenvalue weighted by Crippen LogP contribution is -2.41. The summed E-state index contributed by atoms with van der Waals surface area (Å²) in [6.07, 6.45) is 0. The predicted molar refractivity (Wildman–Crippen MR) is 137 cm³/mol. The van der Waals surface area contributed by atoms with Gasteiger partial charge in [0.2, 0.25) is 6.04 Å². The summed E-state index contributed by atoms with van der Waals surface area (Å²) >= 11 is 31.7. The smallest absolute Gasteiger partial charge is 0.248 e. The van der Waals surface area contributed by atoms with Crippen molar-refractivity contribution in [3.05, 3.63) is 77.7 Å². The highest BCUT2D eigenvalue weighted by Gasteiger charge is 2.45. The highest BCUT2D eigenvalue weighted by molar-refractivity contribution is 8.23. The summed E-state index contributed by atoms with van der Waals surface area (Å²) in [4.78, 5) is 15.7. The summed E-state index contributed by atoms with van der Waals surface area (Å²) in [6.45, 7) is 0. The van der Waals surface area contributed by atoms with Crippen LogP contribution in [0.25, 0.3) is 0 Å². The predicted octanol–water partition coefficient (Wildman–Crippen LogP) is 6.87. The third kappa shape index (κ3) is 6.60. The molecule has 168 valence electrons. The van der Waals surface area contributed by atoms with Gasteiger partial charge in [-0.15, -0.1) is 0 Å². The van der Waals surface area contributed by atoms with E-state index in [0.29, 0.717) is 35.5 Å². The molecule has 2 aromatic rings. The molecule has 0 spiro atoms. The zero-order valence-corrected chi connectivity index (χ0v) is 21.8. The van der Waals surface area contributed by atoms with Crippen LogP contribution in [0.15, 0.2) is 36.4 Å². The van der Waals surface area contributed by atoms with Crippen LogP contribution in [-0.4, -0.2) is 53.3 Å². The number of thiocarbonyl (C=S) groups is 1. The second-order valence-corrected chi connectivity index (χ2v) is 10.7. The van der Waals surface area contributed by atoms with Gasteiger partial charge >= 0.3 is 0 Å². The molecule has 0 saturated carbocycles. The summed E-state index contributed by atoms with van der Waals surface area (Å²) in [6, 6.07) is 8.05. The van der Waals surface area contributed by atoms with Gasteiger partial charge in [0.1, 0.15) is 15.6 Å². The molecule has 3 atom stereocenters. The van der Waals surface area contributed by atoms with Crippen molar-refractivity contribution in [2.75, 3.05) is 28.2 Å². The Hall–Kier alpha value is -0.800. The van der Waals surface area contributed by atoms with Crippen molar-refractivity contribution in [1.82, 2.24) is 9.80 Å². The Morgan fingerprint density at radius 3 is 1.84 bits per heavy atom. The number of rotatable bonds is 7. The maximum absolute atomic E-state index is 12.5. The van der Waals surface area contributed by atoms with Gasteiger partial charge in [-0.3, -0.25) is 15.0 Å². The third-order valence-corrected chi connectivity index (χ3v) is 7.71. The summed E-state index contributed by atoms with van der Waals surface area (Å²) < 4.78 is 0.488. The number of hydrogen-bond donors (Lipinski definition) is 0. The zero-order valence-electron chi connectivity index (χ0n) is 17.2. The molecular formula is C20H21Cl4N3O2S2. The molecule has 0 aliphatic rings. The van der Waals surface area contributed by atoms with Crippen LogP contribution >= 0.6 is 70.4 Å². The monoisotopic (exact) mass is 539 g/mol. The van der Waals surface area contributed by atoms with Crippen LogP contribution in [0.3, 0.4) is 0 Å². The van der Waals surface area contributed by atoms with Crippen molar-refractivity contribution in [3.8, 4) is 0 Å². The van der Waals surface area contributed by atoms with Crippen LogP contribution in [0, 0.1) is 10.1 Å². The fourth-order valence-corrected chi connectivity index (χ4v) is 5.73. The fourth-order valence-electron chi connectivity index (χ4n) is 3.16. The van der Waals surface area contributed by atoms with Gasteiger partial charge in [-0.05, 0) is 49.5 Å². The van der Waals surface area contributed by atoms with E-state index < -0.39 is 17.3 Å². The van der Waals surface area contributed by atoms with Crippen LogP contribution in [-0.2, 0) is 0 Å². The van der Waals surface area contributed by atoms with Gasteiger partial charge in [0.05, 0.1) is 0 Å². The summed E-state index contributed by atoms with van der Waals surface area (Å²) in [5.41, 5.74) is 1.16. The second-order valence-electron chi connectivity index (χ2n) is 7.21. The Bertz CT molecular complexity index is 975. The average molecular weight is 541 g/mol. The minimum Gasteiger partial charge on any atom is -0.364 e. The first-order valence-electron chi connectivity index (χ1n) is 9.01. The fraction of sp³-hybridized carbons (Fsp3) is 0.350. The van der Waals surface area contributed by atoms with Gasteiger partial charge < -0.3 is 4.90 Å². The third-order valence-electron chi connectivity index (χ3n) is 4.58. The number of likely N-dealkylation sites (N-methyl/N-ethyl adjacent to an activating group) is 1. The number of halogens is 4. The van der Waals surface area contributed by atoms with Crippen LogP contribution < -0.4 is 0 Å². The first-order valence-corrected chi connectivity index (χ1v) is 11.8. The SMILES string of the molecule is CN(C)C(=S)SC(c1ccc(Cl)cc1Cl)C(C(c1ccc(Cl)cc1Cl)N(C)C)[N+](=O)[O-]. The lowest BCUT2D eigenvalue weighted by molar-refractivity contribution is -0.531. The zero-order chi connectivity index (χ0) is 23.5. The molecule has 0 aliphatic carbocycles. The van der Waals surface area contributed by atoms with Crippen molar-refractivity contribution in [3.63, 3.8) is 0 Å². The van der Waals surface area contributed by atoms with Gasteiger partial charge in [-0.25, -0.2) is 0 Å². The maximum atomic E-state index is 12.5. The number of benzene rings is 2. The van der Waals surface area contributed by atoms with E-state index in [9.17, 15) is 10.1 Å². The van der Waals surface area contributed by atoms with E-state index >= 15 is 0 Å². The largest absolute Gasteiger partial charge is 0.364 e. The molecule has 0 N–H and O–H groups in total. The Morgan fingerprint density at radius 1 is 0.968 bits per heavy atom. The molecule has 31 heavy (non-hydrogen) atoms. The molecule has 0 heterocycles. The van der Waals surface area contributed by atoms with Crippen LogP contribution in [0.1, 0.15) is 22.4 Å². The van der Waals surface area contributed by atoms with Crippen molar-refractivity contribution in [2.45, 2.75) is 17.3 Å². The number of hydrogen-bond acceptors (Lipinski definition) is 5. The van der Waals surface area contributed by atoms with E-state index in [0.717, 1.165) is 0 Å². The van der Waals surface area contributed by atoms with Gasteiger partial charge in [0.25, 0.3) is 0 Å². The molecule has 5 nitrogen and oxygen atoms in total. The molecule has 0 radical (unpaired) electrons. The molecular weight excluding hydrogens is 520 g/mol. The molecule has 11 heteroatoms. The molecule has 0 aliphatic heterocycles. The topological polar surface area (TPSA) is 49.6 Å². The Balaban J connectivity index is 2.71. The van der Waals surface area contributed by atoms with Crippen molar-refractivity contribution >= 4 is 74.7 Å². The van der Waals surface area contributed by atoms with Gasteiger partial charge in [-0.1, -0.05) is 82.5 Å². The van der Waals surface area contributed by atoms with Crippen molar-refractivity contribution in [1.29, 1.82) is 0 Å². The Kier molecular flexibility index (Phi) is 9.70. The molecule has 0 aromatic heterocycles. The first kappa shape index (κ1) is 26.5. The van der Waals surface area contributed by atoms with E-state index in [1.54, 1.807) is 74.4 Å². The standard InChI is InChI=1S/C20H21Cl4N3O2S2/c1-25(2)17(13-7-5-11(21)9-15(13)23)18(27(28)29)19(31-20(30)26(3)4)14-8-6-12(22)10-16(14)24/h5-10,17-19H,1-4H3. The number of thioether (sulfide) groups is 1. The Morgan fingerprint density at radius 2 is 1.45 bits per heavy atom. The van der Waals surface area contributed by atoms with E-state index in [1.165, 1.54) is 11.8 Å². The van der Waals surface area contributed by atoms with Gasteiger partial charge in [0.15, 0.2) is 0 Å². The normalized spacial score (nSPS) is 14.2. The minimum absolute atomic E-state index is 0.309. The Labute approximate surface area is 211 Å². The van der Waals surface area contributed by atoms with E-state index in [2.05, 4.69) is 0 Å². The quantitative estimate of drug-likeness (QED) is 0.217. The van der Waals surface area contributed by atoms with E-state index in [1.807, 2.05) is 0 Å². The van der Waals surface area contributed by atoms with Crippen LogP contribution in [0.2, 0.25) is 20.1 Å². The van der Waals surface area contributed by atoms with E-state index in [4.69, 9.17) is 58.6 Å². The van der Waals surface area contributed by atoms with Crippen molar-refractivity contribution < 1.29 is 4.92 Å². The van der Waals surface area contributed by atoms with Gasteiger partial charge in [-0.2, -0.15) is 0 Å². The number of nitro groups is 1. The summed E-state index contributed by atoms with van der Waals surface area (Å²) in [7, 11) is 7.11. The summed E-state index contributed by atoms with van der Waals surface area (Å²) in [5, 5.41) is 13.4. The highest BCUT2D eigenvalue weighted by Crippen LogP contribution is 2.45. The molecule has 0 saturated heterocycles. The van der Waals surface area contributed by atoms with Crippen LogP contribution in [0.5, 0.6) is 0 Å². The molecule has 2 rings (SSSR count). The van der Waals surface area contributed by atoms with Gasteiger partial charge in [0, 0.05) is 39.1 Å². The lowest BCUT2D eigenvalue weighted by atomic mass is 9.92. The minimum atomic E-state index is -1.14. The van der Waals surface area contributed by atoms with Crippen LogP contribution in [0.4, 0.5) is 0 Å². The molecule has 2 aromatic carbocycles. The summed E-state index contributed by atoms with van der Waals surface area (Å²) in [5.74, 6) is 0. The molecule has 0 fully saturated rings. The maximum Gasteiger partial charge on any atom is 0.248 e. The molecule has 0 amide bonds. The first-order chi connectivity index (χ1) is 14.4. The van der Waals surface area contributed by atoms with E-state index in [-0.39, 0.29) is 4.92 Å². The average Bonchev–Trinajstić information content (AvgIpc) is 2.65. The molecule has 0 bridgehead atoms. The second kappa shape index (κ2) is 11.4.